The molecule has 0 radical (unpaired) electrons. The van der Waals surface area contributed by atoms with Crippen LogP contribution in [-0.2, 0) is 17.6 Å². The number of hydrogen-bond acceptors (Lipinski definition) is 5. The Morgan fingerprint density at radius 3 is 2.18 bits per heavy atom. The number of carbonyl (C=O) groups is 2. The number of aromatic amines is 1. The molecule has 0 fully saturated rings. The van der Waals surface area contributed by atoms with E-state index in [0.29, 0.717) is 30.8 Å². The molecule has 0 saturated heterocycles. The van der Waals surface area contributed by atoms with Crippen molar-refractivity contribution in [3.63, 3.8) is 0 Å². The summed E-state index contributed by atoms with van der Waals surface area (Å²) in [5.41, 5.74) is 1.81. The minimum Gasteiger partial charge on any atom is -0.444 e. The van der Waals surface area contributed by atoms with Crippen LogP contribution in [0.15, 0.2) is 66.9 Å². The zero-order valence-electron chi connectivity index (χ0n) is 19.9. The van der Waals surface area contributed by atoms with Gasteiger partial charge >= 0.3 is 6.09 Å². The smallest absolute Gasteiger partial charge is 0.407 e. The minimum absolute atomic E-state index is 0.190. The molecule has 34 heavy (non-hydrogen) atoms. The summed E-state index contributed by atoms with van der Waals surface area (Å²) in [5, 5.41) is 14.2. The summed E-state index contributed by atoms with van der Waals surface area (Å²) in [6, 6.07) is 19.0. The predicted octanol–water partition coefficient (Wildman–Crippen LogP) is 4.44. The Balaban J connectivity index is 1.82. The average Bonchev–Trinajstić information content (AvgIpc) is 3.28. The number of imidazole rings is 1. The summed E-state index contributed by atoms with van der Waals surface area (Å²) in [5.74, 6) is 0.436. The molecule has 2 aromatic carbocycles. The Hall–Kier alpha value is -3.45. The molecule has 1 amide bonds. The van der Waals surface area contributed by atoms with Crippen LogP contribution in [0.5, 0.6) is 0 Å². The SMILES string of the molecule is CC(C)(C)OC(=O)NC(Cc1ccccc1)[C@@H](O)CC(Cc1ccccc1)c1ncc(C=O)[nH]1. The lowest BCUT2D eigenvalue weighted by molar-refractivity contribution is 0.0404. The van der Waals surface area contributed by atoms with Gasteiger partial charge < -0.3 is 20.1 Å². The summed E-state index contributed by atoms with van der Waals surface area (Å²) in [6.07, 6.45) is 2.14. The molecular weight excluding hydrogens is 430 g/mol. The maximum atomic E-state index is 12.6. The number of rotatable bonds is 10. The van der Waals surface area contributed by atoms with Gasteiger partial charge in [-0.15, -0.1) is 0 Å². The molecule has 7 nitrogen and oxygen atoms in total. The molecule has 0 aliphatic carbocycles. The van der Waals surface area contributed by atoms with Crippen LogP contribution in [0.1, 0.15) is 60.5 Å². The van der Waals surface area contributed by atoms with Crippen molar-refractivity contribution in [1.82, 2.24) is 15.3 Å². The Morgan fingerprint density at radius 2 is 1.65 bits per heavy atom. The first kappa shape index (κ1) is 25.2. The average molecular weight is 464 g/mol. The molecule has 0 aliphatic rings. The Morgan fingerprint density at radius 1 is 1.06 bits per heavy atom. The molecule has 1 heterocycles. The second-order valence-corrected chi connectivity index (χ2v) is 9.47. The molecule has 0 bridgehead atoms. The molecule has 0 spiro atoms. The molecule has 3 N–H and O–H groups in total. The van der Waals surface area contributed by atoms with Crippen LogP contribution in [0, 0.1) is 0 Å². The molecule has 7 heteroatoms. The van der Waals surface area contributed by atoms with Gasteiger partial charge in [0.25, 0.3) is 0 Å². The monoisotopic (exact) mass is 463 g/mol. The highest BCUT2D eigenvalue weighted by Crippen LogP contribution is 2.26. The van der Waals surface area contributed by atoms with E-state index in [2.05, 4.69) is 15.3 Å². The molecule has 1 aromatic heterocycles. The molecule has 3 rings (SSSR count). The summed E-state index contributed by atoms with van der Waals surface area (Å²) in [6.45, 7) is 5.39. The van der Waals surface area contributed by atoms with Gasteiger partial charge in [0, 0.05) is 5.92 Å². The third-order valence-electron chi connectivity index (χ3n) is 5.44. The van der Waals surface area contributed by atoms with Crippen molar-refractivity contribution < 1.29 is 19.4 Å². The molecule has 180 valence electrons. The van der Waals surface area contributed by atoms with Crippen LogP contribution in [0.3, 0.4) is 0 Å². The van der Waals surface area contributed by atoms with E-state index in [0.717, 1.165) is 17.4 Å². The van der Waals surface area contributed by atoms with Gasteiger partial charge in [0.1, 0.15) is 11.4 Å². The fraction of sp³-hybridized carbons (Fsp3) is 0.370. The van der Waals surface area contributed by atoms with Gasteiger partial charge in [-0.2, -0.15) is 0 Å². The quantitative estimate of drug-likeness (QED) is 0.386. The van der Waals surface area contributed by atoms with Crippen molar-refractivity contribution in [2.45, 2.75) is 63.7 Å². The van der Waals surface area contributed by atoms with Gasteiger partial charge in [0.2, 0.25) is 0 Å². The van der Waals surface area contributed by atoms with E-state index in [1.54, 1.807) is 20.8 Å². The van der Waals surface area contributed by atoms with Crippen molar-refractivity contribution in [1.29, 1.82) is 0 Å². The molecule has 2 unspecified atom stereocenters. The standard InChI is InChI=1S/C27H33N3O4/c1-27(2,3)34-26(33)30-23(15-20-12-8-5-9-13-20)24(32)16-21(14-19-10-6-4-7-11-19)25-28-17-22(18-31)29-25/h4-13,17-18,21,23-24,32H,14-16H2,1-3H3,(H,28,29)(H,30,33)/t21?,23?,24-/m0/s1. The fourth-order valence-electron chi connectivity index (χ4n) is 3.88. The number of hydrogen-bond donors (Lipinski definition) is 3. The number of benzene rings is 2. The Labute approximate surface area is 200 Å². The number of aliphatic hydroxyl groups excluding tert-OH is 1. The summed E-state index contributed by atoms with van der Waals surface area (Å²) in [4.78, 5) is 31.2. The highest BCUT2D eigenvalue weighted by molar-refractivity contribution is 5.71. The molecular formula is C27H33N3O4. The largest absolute Gasteiger partial charge is 0.444 e. The van der Waals surface area contributed by atoms with Crippen molar-refractivity contribution in [3.8, 4) is 0 Å². The minimum atomic E-state index is -0.883. The second-order valence-electron chi connectivity index (χ2n) is 9.47. The number of nitrogens with one attached hydrogen (secondary N) is 2. The summed E-state index contributed by atoms with van der Waals surface area (Å²) >= 11 is 0. The van der Waals surface area contributed by atoms with Crippen molar-refractivity contribution in [2.24, 2.45) is 0 Å². The fourth-order valence-corrected chi connectivity index (χ4v) is 3.88. The lowest BCUT2D eigenvalue weighted by Gasteiger charge is -2.29. The van der Waals surface area contributed by atoms with Crippen LogP contribution in [0.25, 0.3) is 0 Å². The van der Waals surface area contributed by atoms with Crippen molar-refractivity contribution >= 4 is 12.4 Å². The number of aliphatic hydroxyl groups is 1. The molecule has 0 aliphatic heterocycles. The first-order valence-electron chi connectivity index (χ1n) is 11.5. The van der Waals surface area contributed by atoms with Crippen LogP contribution in [0.2, 0.25) is 0 Å². The second kappa shape index (κ2) is 11.6. The number of H-pyrrole nitrogens is 1. The first-order valence-corrected chi connectivity index (χ1v) is 11.5. The normalized spacial score (nSPS) is 14.1. The third kappa shape index (κ3) is 7.85. The number of nitrogens with zero attached hydrogens (tertiary/aromatic N) is 1. The lowest BCUT2D eigenvalue weighted by Crippen LogP contribution is -2.47. The highest BCUT2D eigenvalue weighted by Gasteiger charge is 2.29. The van der Waals surface area contributed by atoms with E-state index < -0.39 is 23.8 Å². The van der Waals surface area contributed by atoms with E-state index in [9.17, 15) is 14.7 Å². The lowest BCUT2D eigenvalue weighted by atomic mass is 9.89. The predicted molar refractivity (Wildman–Crippen MR) is 131 cm³/mol. The van der Waals surface area contributed by atoms with Crippen LogP contribution >= 0.6 is 0 Å². The zero-order valence-corrected chi connectivity index (χ0v) is 19.9. The van der Waals surface area contributed by atoms with Gasteiger partial charge in [0.05, 0.1) is 24.0 Å². The number of amides is 1. The molecule has 3 aromatic rings. The number of alkyl carbamates (subject to hydrolysis) is 1. The number of carbonyl (C=O) groups excluding carboxylic acids is 2. The topological polar surface area (TPSA) is 104 Å². The zero-order chi connectivity index (χ0) is 24.6. The van der Waals surface area contributed by atoms with Crippen molar-refractivity contribution in [2.75, 3.05) is 0 Å². The number of ether oxygens (including phenoxy) is 1. The Bertz CT molecular complexity index is 1040. The van der Waals surface area contributed by atoms with Gasteiger partial charge in [-0.05, 0) is 51.2 Å². The maximum absolute atomic E-state index is 12.6. The van der Waals surface area contributed by atoms with E-state index in [1.165, 1.54) is 6.20 Å². The van der Waals surface area contributed by atoms with Crippen LogP contribution in [-0.4, -0.2) is 45.2 Å². The van der Waals surface area contributed by atoms with E-state index in [-0.39, 0.29) is 5.92 Å². The van der Waals surface area contributed by atoms with Gasteiger partial charge in [-0.25, -0.2) is 9.78 Å². The summed E-state index contributed by atoms with van der Waals surface area (Å²) < 4.78 is 5.44. The number of aldehydes is 1. The van der Waals surface area contributed by atoms with Crippen LogP contribution < -0.4 is 5.32 Å². The van der Waals surface area contributed by atoms with E-state index in [4.69, 9.17) is 4.74 Å². The Kier molecular flexibility index (Phi) is 8.60. The summed E-state index contributed by atoms with van der Waals surface area (Å²) in [7, 11) is 0. The van der Waals surface area contributed by atoms with Crippen LogP contribution in [0.4, 0.5) is 4.79 Å². The number of aromatic nitrogens is 2. The first-order chi connectivity index (χ1) is 16.2. The van der Waals surface area contributed by atoms with Gasteiger partial charge in [-0.1, -0.05) is 60.7 Å². The van der Waals surface area contributed by atoms with Gasteiger partial charge in [0.15, 0.2) is 6.29 Å². The maximum Gasteiger partial charge on any atom is 0.407 e. The molecule has 3 atom stereocenters. The third-order valence-corrected chi connectivity index (χ3v) is 5.44. The van der Waals surface area contributed by atoms with E-state index >= 15 is 0 Å². The molecule has 0 saturated carbocycles. The highest BCUT2D eigenvalue weighted by atomic mass is 16.6. The van der Waals surface area contributed by atoms with E-state index in [1.807, 2.05) is 60.7 Å². The van der Waals surface area contributed by atoms with Crippen molar-refractivity contribution in [3.05, 3.63) is 89.5 Å². The van der Waals surface area contributed by atoms with Gasteiger partial charge in [-0.3, -0.25) is 4.79 Å².